The fourth-order valence-electron chi connectivity index (χ4n) is 2.75. The van der Waals surface area contributed by atoms with Crippen LogP contribution in [0.5, 0.6) is 0 Å². The maximum atomic E-state index is 10.2. The van der Waals surface area contributed by atoms with Crippen molar-refractivity contribution in [2.45, 2.75) is 32.0 Å². The van der Waals surface area contributed by atoms with Crippen molar-refractivity contribution >= 4 is 0 Å². The van der Waals surface area contributed by atoms with E-state index in [4.69, 9.17) is 9.47 Å². The fourth-order valence-corrected chi connectivity index (χ4v) is 2.75. The Morgan fingerprint density at radius 1 is 1.00 bits per heavy atom. The molecule has 0 bridgehead atoms. The molecular formula is C12H24O4. The molecule has 0 amide bonds. The summed E-state index contributed by atoms with van der Waals surface area (Å²) in [5, 5.41) is 20.3. The molecular weight excluding hydrogens is 208 g/mol. The standard InChI is InChI=1S/C12H24O4/c1-4-8-5-9(6-15-2)12(14)10(7-16-3)11(8)13/h8-14H,4-7H2,1-3H3. The molecule has 0 aromatic heterocycles. The minimum absolute atomic E-state index is 0.110. The van der Waals surface area contributed by atoms with Crippen LogP contribution in [0.3, 0.4) is 0 Å². The van der Waals surface area contributed by atoms with E-state index in [1.807, 2.05) is 0 Å². The third kappa shape index (κ3) is 2.94. The zero-order valence-corrected chi connectivity index (χ0v) is 10.4. The molecule has 5 unspecified atom stereocenters. The van der Waals surface area contributed by atoms with Gasteiger partial charge in [-0.15, -0.1) is 0 Å². The smallest absolute Gasteiger partial charge is 0.0665 e. The molecule has 96 valence electrons. The Balaban J connectivity index is 2.71. The predicted molar refractivity (Wildman–Crippen MR) is 61.1 cm³/mol. The maximum absolute atomic E-state index is 10.2. The highest BCUT2D eigenvalue weighted by atomic mass is 16.5. The number of hydrogen-bond donors (Lipinski definition) is 2. The van der Waals surface area contributed by atoms with E-state index < -0.39 is 12.2 Å². The van der Waals surface area contributed by atoms with Gasteiger partial charge >= 0.3 is 0 Å². The molecule has 16 heavy (non-hydrogen) atoms. The van der Waals surface area contributed by atoms with Crippen LogP contribution in [0, 0.1) is 17.8 Å². The Labute approximate surface area is 97.6 Å². The van der Waals surface area contributed by atoms with Gasteiger partial charge in [-0.05, 0) is 12.3 Å². The van der Waals surface area contributed by atoms with Crippen molar-refractivity contribution in [2.75, 3.05) is 27.4 Å². The predicted octanol–water partition coefficient (Wildman–Crippen LogP) is 0.663. The first kappa shape index (κ1) is 13.9. The topological polar surface area (TPSA) is 58.9 Å². The molecule has 5 atom stereocenters. The molecule has 1 rings (SSSR count). The second kappa shape index (κ2) is 6.55. The molecule has 0 heterocycles. The van der Waals surface area contributed by atoms with E-state index >= 15 is 0 Å². The van der Waals surface area contributed by atoms with E-state index in [2.05, 4.69) is 6.92 Å². The number of aliphatic hydroxyl groups excluding tert-OH is 2. The lowest BCUT2D eigenvalue weighted by molar-refractivity contribution is -0.121. The molecule has 0 aromatic rings. The zero-order valence-electron chi connectivity index (χ0n) is 10.4. The summed E-state index contributed by atoms with van der Waals surface area (Å²) >= 11 is 0. The molecule has 2 N–H and O–H groups in total. The minimum atomic E-state index is -0.530. The summed E-state index contributed by atoms with van der Waals surface area (Å²) in [4.78, 5) is 0. The largest absolute Gasteiger partial charge is 0.392 e. The van der Waals surface area contributed by atoms with Crippen LogP contribution in [0.25, 0.3) is 0 Å². The van der Waals surface area contributed by atoms with Gasteiger partial charge in [-0.3, -0.25) is 0 Å². The van der Waals surface area contributed by atoms with Crippen molar-refractivity contribution in [3.05, 3.63) is 0 Å². The highest BCUT2D eigenvalue weighted by Crippen LogP contribution is 2.36. The van der Waals surface area contributed by atoms with E-state index in [-0.39, 0.29) is 17.8 Å². The van der Waals surface area contributed by atoms with Crippen LogP contribution >= 0.6 is 0 Å². The molecule has 4 nitrogen and oxygen atoms in total. The second-order valence-electron chi connectivity index (χ2n) is 4.72. The molecule has 0 saturated heterocycles. The number of methoxy groups -OCH3 is 2. The Morgan fingerprint density at radius 2 is 1.56 bits per heavy atom. The second-order valence-corrected chi connectivity index (χ2v) is 4.72. The summed E-state index contributed by atoms with van der Waals surface area (Å²) in [6, 6.07) is 0. The number of hydrogen-bond acceptors (Lipinski definition) is 4. The molecule has 1 saturated carbocycles. The van der Waals surface area contributed by atoms with Gasteiger partial charge in [0.15, 0.2) is 0 Å². The van der Waals surface area contributed by atoms with Crippen LogP contribution in [0.15, 0.2) is 0 Å². The van der Waals surface area contributed by atoms with E-state index in [0.29, 0.717) is 13.2 Å². The first-order chi connectivity index (χ1) is 7.65. The first-order valence-electron chi connectivity index (χ1n) is 5.99. The number of aliphatic hydroxyl groups is 2. The summed E-state index contributed by atoms with van der Waals surface area (Å²) < 4.78 is 10.2. The van der Waals surface area contributed by atoms with Crippen LogP contribution in [-0.4, -0.2) is 49.9 Å². The van der Waals surface area contributed by atoms with Crippen molar-refractivity contribution in [2.24, 2.45) is 17.8 Å². The van der Waals surface area contributed by atoms with Gasteiger partial charge in [0.1, 0.15) is 0 Å². The van der Waals surface area contributed by atoms with E-state index in [9.17, 15) is 10.2 Å². The molecule has 1 fully saturated rings. The molecule has 0 aromatic carbocycles. The van der Waals surface area contributed by atoms with Crippen molar-refractivity contribution < 1.29 is 19.7 Å². The van der Waals surface area contributed by atoms with Crippen LogP contribution < -0.4 is 0 Å². The maximum Gasteiger partial charge on any atom is 0.0665 e. The van der Waals surface area contributed by atoms with Crippen molar-refractivity contribution in [3.8, 4) is 0 Å². The van der Waals surface area contributed by atoms with Crippen LogP contribution in [0.4, 0.5) is 0 Å². The lowest BCUT2D eigenvalue weighted by atomic mass is 9.70. The monoisotopic (exact) mass is 232 g/mol. The minimum Gasteiger partial charge on any atom is -0.392 e. The summed E-state index contributed by atoms with van der Waals surface area (Å²) in [7, 11) is 3.24. The molecule has 0 aliphatic heterocycles. The van der Waals surface area contributed by atoms with Crippen molar-refractivity contribution in [1.29, 1.82) is 0 Å². The molecule has 1 aliphatic carbocycles. The summed E-state index contributed by atoms with van der Waals surface area (Å²) in [6.45, 7) is 3.02. The highest BCUT2D eigenvalue weighted by Gasteiger charge is 2.42. The SMILES string of the molecule is CCC1CC(COC)C(O)C(COC)C1O. The summed E-state index contributed by atoms with van der Waals surface area (Å²) in [6.07, 6.45) is 0.757. The van der Waals surface area contributed by atoms with Crippen LogP contribution in [0.1, 0.15) is 19.8 Å². The van der Waals surface area contributed by atoms with E-state index in [0.717, 1.165) is 12.8 Å². The highest BCUT2D eigenvalue weighted by molar-refractivity contribution is 4.91. The average molecular weight is 232 g/mol. The third-order valence-electron chi connectivity index (χ3n) is 3.71. The normalized spacial score (nSPS) is 39.9. The van der Waals surface area contributed by atoms with E-state index in [1.54, 1.807) is 14.2 Å². The lowest BCUT2D eigenvalue weighted by Gasteiger charge is -2.42. The third-order valence-corrected chi connectivity index (χ3v) is 3.71. The number of ether oxygens (including phenoxy) is 2. The molecule has 1 aliphatic rings. The quantitative estimate of drug-likeness (QED) is 0.731. The van der Waals surface area contributed by atoms with Gasteiger partial charge in [-0.2, -0.15) is 0 Å². The van der Waals surface area contributed by atoms with Gasteiger partial charge in [0.05, 0.1) is 25.4 Å². The van der Waals surface area contributed by atoms with Crippen molar-refractivity contribution in [1.82, 2.24) is 0 Å². The Morgan fingerprint density at radius 3 is 2.06 bits per heavy atom. The Kier molecular flexibility index (Phi) is 5.69. The Hall–Kier alpha value is -0.160. The first-order valence-corrected chi connectivity index (χ1v) is 5.99. The van der Waals surface area contributed by atoms with Gasteiger partial charge in [0.2, 0.25) is 0 Å². The Bertz CT molecular complexity index is 197. The van der Waals surface area contributed by atoms with E-state index in [1.165, 1.54) is 0 Å². The summed E-state index contributed by atoms with van der Waals surface area (Å²) in [5.74, 6) is 0.158. The fraction of sp³-hybridized carbons (Fsp3) is 1.00. The van der Waals surface area contributed by atoms with Gasteiger partial charge < -0.3 is 19.7 Å². The van der Waals surface area contributed by atoms with Gasteiger partial charge in [0.25, 0.3) is 0 Å². The molecule has 0 spiro atoms. The molecule has 0 radical (unpaired) electrons. The lowest BCUT2D eigenvalue weighted by Crippen LogP contribution is -2.50. The van der Waals surface area contributed by atoms with Gasteiger partial charge in [-0.1, -0.05) is 13.3 Å². The van der Waals surface area contributed by atoms with Gasteiger partial charge in [-0.25, -0.2) is 0 Å². The zero-order chi connectivity index (χ0) is 12.1. The summed E-state index contributed by atoms with van der Waals surface area (Å²) in [5.41, 5.74) is 0. The van der Waals surface area contributed by atoms with Crippen LogP contribution in [0.2, 0.25) is 0 Å². The van der Waals surface area contributed by atoms with Crippen LogP contribution in [-0.2, 0) is 9.47 Å². The van der Waals surface area contributed by atoms with Crippen molar-refractivity contribution in [3.63, 3.8) is 0 Å². The average Bonchev–Trinajstić information content (AvgIpc) is 2.28. The van der Waals surface area contributed by atoms with Gasteiger partial charge in [0, 0.05) is 26.1 Å². The number of rotatable bonds is 5. The molecule has 4 heteroatoms.